The first kappa shape index (κ1) is 10.1. The Balaban J connectivity index is 2.54. The second-order valence-electron chi connectivity index (χ2n) is 2.71. The van der Waals surface area contributed by atoms with Crippen LogP contribution in [-0.2, 0) is 9.84 Å². The minimum absolute atomic E-state index is 0.132. The van der Waals surface area contributed by atoms with E-state index in [0.717, 1.165) is 11.3 Å². The number of hydrogen-bond donors (Lipinski definition) is 1. The van der Waals surface area contributed by atoms with Crippen LogP contribution in [0, 0.1) is 0 Å². The van der Waals surface area contributed by atoms with Crippen LogP contribution in [0.4, 0.5) is 5.13 Å². The molecule has 0 radical (unpaired) electrons. The van der Waals surface area contributed by atoms with Crippen molar-refractivity contribution in [3.05, 3.63) is 30.7 Å². The highest BCUT2D eigenvalue weighted by molar-refractivity contribution is 7.93. The van der Waals surface area contributed by atoms with Crippen LogP contribution in [0.1, 0.15) is 0 Å². The van der Waals surface area contributed by atoms with Crippen molar-refractivity contribution in [3.8, 4) is 0 Å². The van der Waals surface area contributed by atoms with Gasteiger partial charge in [0.2, 0.25) is 9.84 Å². The fourth-order valence-corrected chi connectivity index (χ4v) is 3.30. The molecule has 0 aliphatic carbocycles. The maximum atomic E-state index is 11.9. The molecule has 7 heteroatoms. The molecule has 78 valence electrons. The highest BCUT2D eigenvalue weighted by Crippen LogP contribution is 2.26. The standard InChI is InChI=1S/C8H7N3O2S2/c9-8-11-5-7(14-8)15(12,13)6-2-1-3-10-4-6/h1-5H,(H2,9,11). The van der Waals surface area contributed by atoms with Gasteiger partial charge in [0.15, 0.2) is 5.13 Å². The van der Waals surface area contributed by atoms with Gasteiger partial charge in [0.05, 0.1) is 11.1 Å². The number of rotatable bonds is 2. The van der Waals surface area contributed by atoms with Crippen LogP contribution in [0.15, 0.2) is 39.8 Å². The molecule has 5 nitrogen and oxygen atoms in total. The SMILES string of the molecule is Nc1ncc(S(=O)(=O)c2cccnc2)s1. The summed E-state index contributed by atoms with van der Waals surface area (Å²) in [4.78, 5) is 7.61. The average Bonchev–Trinajstić information content (AvgIpc) is 2.67. The molecular weight excluding hydrogens is 234 g/mol. The average molecular weight is 241 g/mol. The number of pyridine rings is 1. The first-order valence-electron chi connectivity index (χ1n) is 3.97. The number of sulfone groups is 1. The Kier molecular flexibility index (Phi) is 2.41. The van der Waals surface area contributed by atoms with Gasteiger partial charge < -0.3 is 5.73 Å². The second-order valence-corrected chi connectivity index (χ2v) is 5.95. The highest BCUT2D eigenvalue weighted by Gasteiger charge is 2.20. The molecule has 0 aliphatic rings. The Morgan fingerprint density at radius 2 is 2.13 bits per heavy atom. The predicted molar refractivity (Wildman–Crippen MR) is 56.2 cm³/mol. The van der Waals surface area contributed by atoms with Gasteiger partial charge in [0, 0.05) is 12.4 Å². The van der Waals surface area contributed by atoms with Crippen molar-refractivity contribution in [2.45, 2.75) is 9.10 Å². The molecule has 0 aromatic carbocycles. The van der Waals surface area contributed by atoms with Crippen LogP contribution in [0.3, 0.4) is 0 Å². The second kappa shape index (κ2) is 3.59. The van der Waals surface area contributed by atoms with E-state index >= 15 is 0 Å². The fraction of sp³-hybridized carbons (Fsp3) is 0. The first-order chi connectivity index (χ1) is 7.10. The summed E-state index contributed by atoms with van der Waals surface area (Å²) in [5.74, 6) is 0. The van der Waals surface area contributed by atoms with Gasteiger partial charge in [-0.1, -0.05) is 11.3 Å². The molecule has 0 bridgehead atoms. The summed E-state index contributed by atoms with van der Waals surface area (Å²) in [7, 11) is -3.50. The minimum Gasteiger partial charge on any atom is -0.375 e. The summed E-state index contributed by atoms with van der Waals surface area (Å²) in [6, 6.07) is 3.05. The molecule has 2 aromatic heterocycles. The molecule has 2 rings (SSSR count). The Hall–Kier alpha value is -1.47. The zero-order valence-electron chi connectivity index (χ0n) is 7.49. The number of nitrogen functional groups attached to an aromatic ring is 1. The van der Waals surface area contributed by atoms with Crippen molar-refractivity contribution in [2.24, 2.45) is 0 Å². The van der Waals surface area contributed by atoms with Gasteiger partial charge in [-0.2, -0.15) is 0 Å². The zero-order chi connectivity index (χ0) is 10.9. The largest absolute Gasteiger partial charge is 0.375 e. The molecule has 0 amide bonds. The van der Waals surface area contributed by atoms with E-state index in [4.69, 9.17) is 5.73 Å². The molecule has 2 N–H and O–H groups in total. The summed E-state index contributed by atoms with van der Waals surface area (Å²) in [6.07, 6.45) is 4.06. The molecule has 15 heavy (non-hydrogen) atoms. The van der Waals surface area contributed by atoms with Crippen LogP contribution in [0.2, 0.25) is 0 Å². The predicted octanol–water partition coefficient (Wildman–Crippen LogP) is 0.953. The molecule has 2 heterocycles. The molecular formula is C8H7N3O2S2. The van der Waals surface area contributed by atoms with E-state index in [9.17, 15) is 8.42 Å². The lowest BCUT2D eigenvalue weighted by Gasteiger charge is -1.98. The lowest BCUT2D eigenvalue weighted by atomic mass is 10.5. The molecule has 0 spiro atoms. The Morgan fingerprint density at radius 3 is 2.67 bits per heavy atom. The fourth-order valence-electron chi connectivity index (χ4n) is 1.02. The van der Waals surface area contributed by atoms with Gasteiger partial charge in [-0.15, -0.1) is 0 Å². The van der Waals surface area contributed by atoms with Crippen molar-refractivity contribution < 1.29 is 8.42 Å². The maximum Gasteiger partial charge on any atom is 0.219 e. The molecule has 0 saturated carbocycles. The van der Waals surface area contributed by atoms with Gasteiger partial charge >= 0.3 is 0 Å². The van der Waals surface area contributed by atoms with E-state index in [1.807, 2.05) is 0 Å². The van der Waals surface area contributed by atoms with E-state index in [0.29, 0.717) is 0 Å². The summed E-state index contributed by atoms with van der Waals surface area (Å²) < 4.78 is 24.0. The molecule has 0 atom stereocenters. The Morgan fingerprint density at radius 1 is 1.33 bits per heavy atom. The van der Waals surface area contributed by atoms with Gasteiger partial charge in [-0.3, -0.25) is 4.98 Å². The van der Waals surface area contributed by atoms with Crippen LogP contribution in [0.25, 0.3) is 0 Å². The minimum atomic E-state index is -3.50. The summed E-state index contributed by atoms with van der Waals surface area (Å²) in [5.41, 5.74) is 5.38. The number of nitrogens with two attached hydrogens (primary N) is 1. The van der Waals surface area contributed by atoms with Crippen molar-refractivity contribution in [2.75, 3.05) is 5.73 Å². The van der Waals surface area contributed by atoms with E-state index in [2.05, 4.69) is 9.97 Å². The van der Waals surface area contributed by atoms with Gasteiger partial charge in [-0.25, -0.2) is 13.4 Å². The first-order valence-corrected chi connectivity index (χ1v) is 6.27. The zero-order valence-corrected chi connectivity index (χ0v) is 9.12. The number of hydrogen-bond acceptors (Lipinski definition) is 6. The van der Waals surface area contributed by atoms with Gasteiger partial charge in [0.1, 0.15) is 4.21 Å². The lowest BCUT2D eigenvalue weighted by molar-refractivity contribution is 0.597. The van der Waals surface area contributed by atoms with Crippen LogP contribution in [0.5, 0.6) is 0 Å². The molecule has 2 aromatic rings. The van der Waals surface area contributed by atoms with E-state index in [1.165, 1.54) is 24.7 Å². The number of aromatic nitrogens is 2. The number of nitrogens with zero attached hydrogens (tertiary/aromatic N) is 2. The number of thiazole rings is 1. The van der Waals surface area contributed by atoms with Crippen LogP contribution < -0.4 is 5.73 Å². The summed E-state index contributed by atoms with van der Waals surface area (Å²) in [6.45, 7) is 0. The number of anilines is 1. The summed E-state index contributed by atoms with van der Waals surface area (Å²) >= 11 is 0.940. The van der Waals surface area contributed by atoms with E-state index < -0.39 is 9.84 Å². The van der Waals surface area contributed by atoms with Crippen molar-refractivity contribution in [3.63, 3.8) is 0 Å². The van der Waals surface area contributed by atoms with Crippen LogP contribution >= 0.6 is 11.3 Å². The smallest absolute Gasteiger partial charge is 0.219 e. The Labute approximate surface area is 90.5 Å². The molecule has 0 aliphatic heterocycles. The molecule has 0 unspecified atom stereocenters. The van der Waals surface area contributed by atoms with Gasteiger partial charge in [-0.05, 0) is 12.1 Å². The van der Waals surface area contributed by atoms with Gasteiger partial charge in [0.25, 0.3) is 0 Å². The molecule has 0 fully saturated rings. The molecule has 0 saturated heterocycles. The topological polar surface area (TPSA) is 85.9 Å². The van der Waals surface area contributed by atoms with E-state index in [-0.39, 0.29) is 14.2 Å². The third-order valence-electron chi connectivity index (χ3n) is 1.71. The van der Waals surface area contributed by atoms with E-state index in [1.54, 1.807) is 6.07 Å². The summed E-state index contributed by atoms with van der Waals surface area (Å²) in [5, 5.41) is 0.234. The van der Waals surface area contributed by atoms with Crippen molar-refractivity contribution in [1.29, 1.82) is 0 Å². The van der Waals surface area contributed by atoms with Crippen molar-refractivity contribution >= 4 is 26.3 Å². The quantitative estimate of drug-likeness (QED) is 0.846. The maximum absolute atomic E-state index is 11.9. The normalized spacial score (nSPS) is 11.5. The third kappa shape index (κ3) is 1.83. The third-order valence-corrected chi connectivity index (χ3v) is 4.74. The van der Waals surface area contributed by atoms with Crippen molar-refractivity contribution in [1.82, 2.24) is 9.97 Å². The monoisotopic (exact) mass is 241 g/mol. The Bertz CT molecular complexity index is 563. The highest BCUT2D eigenvalue weighted by atomic mass is 32.2. The lowest BCUT2D eigenvalue weighted by Crippen LogP contribution is -1.99. The van der Waals surface area contributed by atoms with Crippen LogP contribution in [-0.4, -0.2) is 18.4 Å².